The highest BCUT2D eigenvalue weighted by atomic mass is 16.5. The summed E-state index contributed by atoms with van der Waals surface area (Å²) in [6, 6.07) is 39.8. The molecule has 0 amide bonds. The minimum Gasteiger partial charge on any atom is -0.484 e. The van der Waals surface area contributed by atoms with Crippen molar-refractivity contribution in [2.75, 3.05) is 9.80 Å². The summed E-state index contributed by atoms with van der Waals surface area (Å²) in [5.41, 5.74) is 13.8. The molecule has 0 spiro atoms. The molecule has 0 saturated carbocycles. The molecule has 2 aliphatic rings. The Labute approximate surface area is 375 Å². The van der Waals surface area contributed by atoms with Crippen molar-refractivity contribution in [2.24, 2.45) is 5.41 Å². The molecule has 0 bridgehead atoms. The molecule has 6 aromatic carbocycles. The van der Waals surface area contributed by atoms with Crippen LogP contribution in [0.25, 0.3) is 39.3 Å². The van der Waals surface area contributed by atoms with Crippen molar-refractivity contribution >= 4 is 62.0 Å². The lowest BCUT2D eigenvalue weighted by atomic mass is 9.87. The molecule has 6 aromatic rings. The van der Waals surface area contributed by atoms with E-state index < -0.39 is 0 Å². The Kier molecular flexibility index (Phi) is 11.9. The molecular formula is C60H60N2O. The molecule has 1 aliphatic carbocycles. The average Bonchev–Trinajstić information content (AvgIpc) is 3.66. The lowest BCUT2D eigenvalue weighted by molar-refractivity contribution is 0.277. The van der Waals surface area contributed by atoms with E-state index in [0.717, 1.165) is 56.2 Å². The number of rotatable bonds is 11. The van der Waals surface area contributed by atoms with Gasteiger partial charge in [-0.05, 0) is 118 Å². The fourth-order valence-electron chi connectivity index (χ4n) is 8.93. The number of anilines is 4. The quantitative estimate of drug-likeness (QED) is 0.0956. The Morgan fingerprint density at radius 1 is 0.714 bits per heavy atom. The number of hydrogen-bond donors (Lipinski definition) is 0. The van der Waals surface area contributed by atoms with Gasteiger partial charge in [0, 0.05) is 51.3 Å². The summed E-state index contributed by atoms with van der Waals surface area (Å²) in [6.45, 7) is 26.0. The standard InChI is InChI=1S/C60H60N2O/c1-11-14-23-42-24-15-18-28-54(42)62(45-32-30-43(31-33-45)60(8,9)10)46-34-36-51-53(39-46)49-26-16-17-27-50(49)57-52-37-35-47(40-56(52)63-58(51)57)61(44(13-3)25-20-38-59(5,6)7)55-29-19-22-41(4)48(55)21-12-2/h11-39,56H,1,3,40H2,2,4-10H3/b21-12-,23-14-,38-20+,44-25+. The van der Waals surface area contributed by atoms with Crippen LogP contribution in [-0.2, 0) is 5.41 Å². The first-order valence-corrected chi connectivity index (χ1v) is 22.2. The predicted molar refractivity (Wildman–Crippen MR) is 274 cm³/mol. The zero-order valence-corrected chi connectivity index (χ0v) is 38.2. The maximum absolute atomic E-state index is 7.23. The van der Waals surface area contributed by atoms with Crippen molar-refractivity contribution in [3.63, 3.8) is 0 Å². The SMILES string of the molecule is C=C/C=C\c1ccccc1N(c1ccc(C(C)(C)C)cc1)c1ccc2c3c(c4ccccc4c2c1)C1=CC=C(N(/C(C=C)=C/C=C/C(C)(C)C)c2cccc(C)c2/C=C\C)CC1O3. The van der Waals surface area contributed by atoms with E-state index in [9.17, 15) is 0 Å². The molecule has 63 heavy (non-hydrogen) atoms. The van der Waals surface area contributed by atoms with E-state index in [-0.39, 0.29) is 16.9 Å². The van der Waals surface area contributed by atoms with Gasteiger partial charge in [0.2, 0.25) is 0 Å². The molecule has 0 N–H and O–H groups in total. The van der Waals surface area contributed by atoms with Gasteiger partial charge in [0.25, 0.3) is 0 Å². The summed E-state index contributed by atoms with van der Waals surface area (Å²) in [6.07, 6.45) is 24.0. The summed E-state index contributed by atoms with van der Waals surface area (Å²) in [5, 5.41) is 4.67. The smallest absolute Gasteiger partial charge is 0.136 e. The third kappa shape index (κ3) is 8.53. The van der Waals surface area contributed by atoms with Gasteiger partial charge in [-0.15, -0.1) is 0 Å². The first kappa shape index (κ1) is 42.8. The van der Waals surface area contributed by atoms with Gasteiger partial charge < -0.3 is 14.5 Å². The number of benzene rings is 6. The van der Waals surface area contributed by atoms with Gasteiger partial charge in [-0.1, -0.05) is 170 Å². The number of ether oxygens (including phenoxy) is 1. The molecule has 0 saturated heterocycles. The van der Waals surface area contributed by atoms with Crippen molar-refractivity contribution < 1.29 is 4.74 Å². The lowest BCUT2D eigenvalue weighted by Gasteiger charge is -2.33. The maximum atomic E-state index is 7.23. The summed E-state index contributed by atoms with van der Waals surface area (Å²) < 4.78 is 7.23. The first-order chi connectivity index (χ1) is 30.3. The monoisotopic (exact) mass is 824 g/mol. The van der Waals surface area contributed by atoms with E-state index in [2.05, 4.69) is 236 Å². The van der Waals surface area contributed by atoms with Crippen LogP contribution in [0.5, 0.6) is 5.75 Å². The molecule has 1 unspecified atom stereocenters. The Bertz CT molecular complexity index is 2920. The Morgan fingerprint density at radius 3 is 2.14 bits per heavy atom. The van der Waals surface area contributed by atoms with E-state index in [4.69, 9.17) is 4.74 Å². The van der Waals surface area contributed by atoms with Gasteiger partial charge in [-0.3, -0.25) is 0 Å². The van der Waals surface area contributed by atoms with Crippen molar-refractivity contribution in [1.29, 1.82) is 0 Å². The second-order valence-electron chi connectivity index (χ2n) is 18.7. The normalized spacial score (nSPS) is 15.4. The second kappa shape index (κ2) is 17.5. The zero-order valence-electron chi connectivity index (χ0n) is 38.2. The van der Waals surface area contributed by atoms with Crippen molar-refractivity contribution in [3.8, 4) is 5.75 Å². The molecule has 316 valence electrons. The highest BCUT2D eigenvalue weighted by Crippen LogP contribution is 2.52. The minimum absolute atomic E-state index is 0.0430. The van der Waals surface area contributed by atoms with Gasteiger partial charge in [0.15, 0.2) is 0 Å². The Balaban J connectivity index is 1.27. The summed E-state index contributed by atoms with van der Waals surface area (Å²) >= 11 is 0. The number of fused-ring (bicyclic) bond motifs is 8. The Hall–Kier alpha value is -6.84. The molecule has 1 aliphatic heterocycles. The average molecular weight is 825 g/mol. The number of nitrogens with zero attached hydrogens (tertiary/aromatic N) is 2. The molecule has 3 heteroatoms. The lowest BCUT2D eigenvalue weighted by Crippen LogP contribution is -2.28. The topological polar surface area (TPSA) is 15.7 Å². The van der Waals surface area contributed by atoms with E-state index in [1.54, 1.807) is 0 Å². The third-order valence-corrected chi connectivity index (χ3v) is 12.0. The fourth-order valence-corrected chi connectivity index (χ4v) is 8.93. The molecule has 1 heterocycles. The van der Waals surface area contributed by atoms with Gasteiger partial charge in [-0.25, -0.2) is 0 Å². The largest absolute Gasteiger partial charge is 0.484 e. The number of allylic oxidation sites excluding steroid dienone is 9. The van der Waals surface area contributed by atoms with Crippen LogP contribution >= 0.6 is 0 Å². The van der Waals surface area contributed by atoms with Gasteiger partial charge in [0.05, 0.1) is 11.4 Å². The van der Waals surface area contributed by atoms with Crippen molar-refractivity contribution in [2.45, 2.75) is 73.3 Å². The summed E-state index contributed by atoms with van der Waals surface area (Å²) in [4.78, 5) is 4.74. The van der Waals surface area contributed by atoms with Crippen LogP contribution in [0.1, 0.15) is 82.7 Å². The van der Waals surface area contributed by atoms with E-state index in [1.807, 2.05) is 18.2 Å². The molecule has 1 atom stereocenters. The van der Waals surface area contributed by atoms with Crippen LogP contribution in [-0.4, -0.2) is 6.10 Å². The summed E-state index contributed by atoms with van der Waals surface area (Å²) in [5.74, 6) is 0.945. The van der Waals surface area contributed by atoms with Gasteiger partial charge in [0.1, 0.15) is 11.9 Å². The predicted octanol–water partition coefficient (Wildman–Crippen LogP) is 16.9. The number of aryl methyl sites for hydroxylation is 1. The molecule has 0 fully saturated rings. The van der Waals surface area contributed by atoms with Crippen LogP contribution in [0.15, 0.2) is 188 Å². The molecule has 0 radical (unpaired) electrons. The molecule has 0 aromatic heterocycles. The van der Waals surface area contributed by atoms with Crippen molar-refractivity contribution in [3.05, 3.63) is 216 Å². The molecular weight excluding hydrogens is 765 g/mol. The molecule has 8 rings (SSSR count). The van der Waals surface area contributed by atoms with Crippen LogP contribution in [0.3, 0.4) is 0 Å². The van der Waals surface area contributed by atoms with E-state index in [0.29, 0.717) is 6.42 Å². The maximum Gasteiger partial charge on any atom is 0.136 e. The van der Waals surface area contributed by atoms with Gasteiger partial charge >= 0.3 is 0 Å². The van der Waals surface area contributed by atoms with Crippen molar-refractivity contribution in [1.82, 2.24) is 0 Å². The third-order valence-electron chi connectivity index (χ3n) is 12.0. The number of hydrogen-bond acceptors (Lipinski definition) is 3. The van der Waals surface area contributed by atoms with E-state index >= 15 is 0 Å². The zero-order chi connectivity index (χ0) is 44.5. The van der Waals surface area contributed by atoms with E-state index in [1.165, 1.54) is 38.6 Å². The van der Waals surface area contributed by atoms with Crippen LogP contribution in [0, 0.1) is 12.3 Å². The number of para-hydroxylation sites is 1. The first-order valence-electron chi connectivity index (χ1n) is 22.2. The Morgan fingerprint density at radius 2 is 1.43 bits per heavy atom. The minimum atomic E-state index is -0.163. The second-order valence-corrected chi connectivity index (χ2v) is 18.7. The summed E-state index contributed by atoms with van der Waals surface area (Å²) in [7, 11) is 0. The van der Waals surface area contributed by atoms with Crippen LogP contribution in [0.2, 0.25) is 0 Å². The van der Waals surface area contributed by atoms with Crippen LogP contribution < -0.4 is 14.5 Å². The van der Waals surface area contributed by atoms with Crippen LogP contribution in [0.4, 0.5) is 22.7 Å². The highest BCUT2D eigenvalue weighted by molar-refractivity contribution is 6.17. The molecule has 3 nitrogen and oxygen atoms in total. The highest BCUT2D eigenvalue weighted by Gasteiger charge is 2.36. The fraction of sp³-hybridized carbons (Fsp3) is 0.200. The van der Waals surface area contributed by atoms with Gasteiger partial charge in [-0.2, -0.15) is 0 Å².